The van der Waals surface area contributed by atoms with Gasteiger partial charge in [-0.25, -0.2) is 10.2 Å². The minimum atomic E-state index is -0.622. The second kappa shape index (κ2) is 3.88. The van der Waals surface area contributed by atoms with Crippen molar-refractivity contribution < 1.29 is 4.79 Å². The molecule has 0 aromatic carbocycles. The molecule has 4 nitrogen and oxygen atoms in total. The molecule has 0 aliphatic carbocycles. The van der Waals surface area contributed by atoms with Crippen LogP contribution in [0.2, 0.25) is 0 Å². The highest BCUT2D eigenvalue weighted by Gasteiger charge is 1.86. The summed E-state index contributed by atoms with van der Waals surface area (Å²) in [5.74, 6) is 0. The van der Waals surface area contributed by atoms with Crippen molar-refractivity contribution in [2.45, 2.75) is 20.3 Å². The van der Waals surface area contributed by atoms with Crippen LogP contribution in [0.4, 0.5) is 4.79 Å². The lowest BCUT2D eigenvalue weighted by molar-refractivity contribution is 0.249. The quantitative estimate of drug-likeness (QED) is 0.412. The number of carbonyl (C=O) groups excluding carboxylic acids is 1. The summed E-state index contributed by atoms with van der Waals surface area (Å²) in [6.45, 7) is 3.76. The Morgan fingerprint density at radius 2 is 2.33 bits per heavy atom. The maximum Gasteiger partial charge on any atom is 0.332 e. The first-order chi connectivity index (χ1) is 4.16. The molecule has 0 aliphatic rings. The molecule has 3 N–H and O–H groups in total. The van der Waals surface area contributed by atoms with E-state index in [1.165, 1.54) is 0 Å². The van der Waals surface area contributed by atoms with Gasteiger partial charge >= 0.3 is 6.03 Å². The third kappa shape index (κ3) is 4.80. The molecule has 52 valence electrons. The van der Waals surface area contributed by atoms with Gasteiger partial charge in [-0.1, -0.05) is 6.92 Å². The van der Waals surface area contributed by atoms with Crippen LogP contribution in [-0.2, 0) is 0 Å². The fourth-order valence-electron chi connectivity index (χ4n) is 0.230. The Morgan fingerprint density at radius 1 is 1.78 bits per heavy atom. The molecule has 0 saturated heterocycles. The molecule has 9 heavy (non-hydrogen) atoms. The number of rotatable bonds is 2. The summed E-state index contributed by atoms with van der Waals surface area (Å²) in [7, 11) is 0. The largest absolute Gasteiger partial charge is 0.350 e. The average Bonchev–Trinajstić information content (AvgIpc) is 1.83. The highest BCUT2D eigenvalue weighted by molar-refractivity contribution is 5.83. The average molecular weight is 129 g/mol. The van der Waals surface area contributed by atoms with E-state index in [4.69, 9.17) is 5.73 Å². The molecule has 0 saturated carbocycles. The standard InChI is InChI=1S/C5H11N3O/c1-3-4(2)7-8-5(6)9/h3H2,1-2H3,(H3,6,8,9). The van der Waals surface area contributed by atoms with E-state index in [1.54, 1.807) is 0 Å². The minimum Gasteiger partial charge on any atom is -0.350 e. The first-order valence-electron chi connectivity index (χ1n) is 2.75. The van der Waals surface area contributed by atoms with Crippen molar-refractivity contribution in [3.8, 4) is 0 Å². The van der Waals surface area contributed by atoms with Gasteiger partial charge in [-0.15, -0.1) is 0 Å². The third-order valence-corrected chi connectivity index (χ3v) is 0.869. The molecule has 0 bridgehead atoms. The van der Waals surface area contributed by atoms with Gasteiger partial charge in [0.1, 0.15) is 0 Å². The van der Waals surface area contributed by atoms with Crippen LogP contribution in [0.1, 0.15) is 20.3 Å². The zero-order valence-corrected chi connectivity index (χ0v) is 5.64. The van der Waals surface area contributed by atoms with Gasteiger partial charge in [0.05, 0.1) is 0 Å². The summed E-state index contributed by atoms with van der Waals surface area (Å²) in [6.07, 6.45) is 0.820. The van der Waals surface area contributed by atoms with E-state index in [0.29, 0.717) is 0 Å². The minimum absolute atomic E-state index is 0.622. The second-order valence-corrected chi connectivity index (χ2v) is 1.68. The molecule has 0 aromatic rings. The summed E-state index contributed by atoms with van der Waals surface area (Å²) in [5.41, 5.74) is 7.72. The van der Waals surface area contributed by atoms with E-state index < -0.39 is 6.03 Å². The number of nitrogens with two attached hydrogens (primary N) is 1. The number of carbonyl (C=O) groups is 1. The van der Waals surface area contributed by atoms with Gasteiger partial charge in [-0.3, -0.25) is 0 Å². The highest BCUT2D eigenvalue weighted by Crippen LogP contribution is 1.79. The molecule has 0 atom stereocenters. The van der Waals surface area contributed by atoms with Crippen molar-refractivity contribution in [3.63, 3.8) is 0 Å². The summed E-state index contributed by atoms with van der Waals surface area (Å²) < 4.78 is 0. The number of hydrazone groups is 1. The normalized spacial score (nSPS) is 11.1. The number of nitrogens with one attached hydrogen (secondary N) is 1. The van der Waals surface area contributed by atoms with Gasteiger partial charge in [0, 0.05) is 5.71 Å². The van der Waals surface area contributed by atoms with Gasteiger partial charge in [0.25, 0.3) is 0 Å². The lowest BCUT2D eigenvalue weighted by atomic mass is 10.3. The lowest BCUT2D eigenvalue weighted by Crippen LogP contribution is -2.25. The Balaban J connectivity index is 3.56. The summed E-state index contributed by atoms with van der Waals surface area (Å²) in [5, 5.41) is 3.63. The van der Waals surface area contributed by atoms with E-state index in [0.717, 1.165) is 12.1 Å². The van der Waals surface area contributed by atoms with E-state index >= 15 is 0 Å². The number of amides is 2. The Hall–Kier alpha value is -1.06. The van der Waals surface area contributed by atoms with Crippen LogP contribution >= 0.6 is 0 Å². The lowest BCUT2D eigenvalue weighted by Gasteiger charge is -1.93. The number of primary amides is 1. The summed E-state index contributed by atoms with van der Waals surface area (Å²) >= 11 is 0. The molecule has 0 spiro atoms. The number of urea groups is 1. The zero-order chi connectivity index (χ0) is 7.28. The predicted octanol–water partition coefficient (Wildman–Crippen LogP) is 0.441. The SMILES string of the molecule is CCC(C)=NNC(N)=O. The van der Waals surface area contributed by atoms with Crippen LogP contribution < -0.4 is 11.2 Å². The van der Waals surface area contributed by atoms with Gasteiger partial charge < -0.3 is 5.73 Å². The van der Waals surface area contributed by atoms with Crippen molar-refractivity contribution in [1.82, 2.24) is 5.43 Å². The van der Waals surface area contributed by atoms with E-state index in [2.05, 4.69) is 10.5 Å². The van der Waals surface area contributed by atoms with Crippen molar-refractivity contribution in [1.29, 1.82) is 0 Å². The number of hydrogen-bond donors (Lipinski definition) is 2. The fourth-order valence-corrected chi connectivity index (χ4v) is 0.230. The summed E-state index contributed by atoms with van der Waals surface area (Å²) in [4.78, 5) is 10.0. The molecule has 0 heterocycles. The molecule has 0 aromatic heterocycles. The predicted molar refractivity (Wildman–Crippen MR) is 36.1 cm³/mol. The molecule has 0 unspecified atom stereocenters. The van der Waals surface area contributed by atoms with Crippen LogP contribution in [0, 0.1) is 0 Å². The molecule has 0 aliphatic heterocycles. The Bertz CT molecular complexity index is 130. The number of nitrogens with zero attached hydrogens (tertiary/aromatic N) is 1. The van der Waals surface area contributed by atoms with Gasteiger partial charge in [0.15, 0.2) is 0 Å². The molecule has 2 amide bonds. The molecule has 0 rings (SSSR count). The van der Waals surface area contributed by atoms with Crippen molar-refractivity contribution in [2.24, 2.45) is 10.8 Å². The van der Waals surface area contributed by atoms with Crippen LogP contribution in [0.25, 0.3) is 0 Å². The summed E-state index contributed by atoms with van der Waals surface area (Å²) in [6, 6.07) is -0.622. The fraction of sp³-hybridized carbons (Fsp3) is 0.600. The van der Waals surface area contributed by atoms with Gasteiger partial charge in [-0.05, 0) is 13.3 Å². The van der Waals surface area contributed by atoms with Crippen molar-refractivity contribution in [2.75, 3.05) is 0 Å². The third-order valence-electron chi connectivity index (χ3n) is 0.869. The highest BCUT2D eigenvalue weighted by atomic mass is 16.2. The topological polar surface area (TPSA) is 67.5 Å². The van der Waals surface area contributed by atoms with Crippen molar-refractivity contribution >= 4 is 11.7 Å². The van der Waals surface area contributed by atoms with Crippen LogP contribution in [-0.4, -0.2) is 11.7 Å². The molecular weight excluding hydrogens is 118 g/mol. The Labute approximate surface area is 54.1 Å². The van der Waals surface area contributed by atoms with Gasteiger partial charge in [0.2, 0.25) is 0 Å². The van der Waals surface area contributed by atoms with E-state index in [-0.39, 0.29) is 0 Å². The van der Waals surface area contributed by atoms with Gasteiger partial charge in [-0.2, -0.15) is 5.10 Å². The van der Waals surface area contributed by atoms with E-state index in [9.17, 15) is 4.79 Å². The van der Waals surface area contributed by atoms with Crippen LogP contribution in [0.3, 0.4) is 0 Å². The van der Waals surface area contributed by atoms with Crippen LogP contribution in [0.5, 0.6) is 0 Å². The number of hydrogen-bond acceptors (Lipinski definition) is 2. The maximum absolute atomic E-state index is 10.0. The Morgan fingerprint density at radius 3 is 2.67 bits per heavy atom. The van der Waals surface area contributed by atoms with E-state index in [1.807, 2.05) is 13.8 Å². The monoisotopic (exact) mass is 129 g/mol. The molecular formula is C5H11N3O. The second-order valence-electron chi connectivity index (χ2n) is 1.68. The van der Waals surface area contributed by atoms with Crippen molar-refractivity contribution in [3.05, 3.63) is 0 Å². The Kier molecular flexibility index (Phi) is 3.43. The van der Waals surface area contributed by atoms with Crippen LogP contribution in [0.15, 0.2) is 5.10 Å². The molecule has 0 fully saturated rings. The zero-order valence-electron chi connectivity index (χ0n) is 5.64. The first-order valence-corrected chi connectivity index (χ1v) is 2.75. The molecule has 0 radical (unpaired) electrons. The maximum atomic E-state index is 10.0. The molecule has 4 heteroatoms. The first kappa shape index (κ1) is 7.94. The smallest absolute Gasteiger partial charge is 0.332 e.